The summed E-state index contributed by atoms with van der Waals surface area (Å²) in [6, 6.07) is 21.4. The zero-order valence-corrected chi connectivity index (χ0v) is 16.5. The highest BCUT2D eigenvalue weighted by Crippen LogP contribution is 2.37. The Morgan fingerprint density at radius 2 is 1.48 bits per heavy atom. The van der Waals surface area contributed by atoms with Crippen LogP contribution in [0.2, 0.25) is 5.04 Å². The van der Waals surface area contributed by atoms with Crippen LogP contribution in [0, 0.1) is 11.8 Å². The van der Waals surface area contributed by atoms with Gasteiger partial charge >= 0.3 is 0 Å². The molecule has 0 bridgehead atoms. The standard InChI is InChI=1S/C22H26O2Si/c1-5-12-20-21(24-20)17-23-25(22(2,3)4,18-13-8-6-9-14-18)19-15-10-7-11-16-19/h6-11,13-16,20-21H,17H2,1-4H3/t20-,21+/m0/s1. The minimum absolute atomic E-state index is 0.00344. The van der Waals surface area contributed by atoms with Gasteiger partial charge in [-0.25, -0.2) is 0 Å². The lowest BCUT2D eigenvalue weighted by Gasteiger charge is -2.43. The molecule has 0 N–H and O–H groups in total. The molecule has 1 aliphatic rings. The number of benzene rings is 2. The van der Waals surface area contributed by atoms with Crippen LogP contribution in [0.1, 0.15) is 27.7 Å². The van der Waals surface area contributed by atoms with Crippen LogP contribution >= 0.6 is 0 Å². The minimum atomic E-state index is -2.45. The summed E-state index contributed by atoms with van der Waals surface area (Å²) in [6.45, 7) is 9.30. The Bertz CT molecular complexity index is 714. The molecule has 1 heterocycles. The van der Waals surface area contributed by atoms with E-state index in [0.29, 0.717) is 6.61 Å². The van der Waals surface area contributed by atoms with E-state index in [4.69, 9.17) is 9.16 Å². The quantitative estimate of drug-likeness (QED) is 0.469. The lowest BCUT2D eigenvalue weighted by molar-refractivity contribution is 0.249. The van der Waals surface area contributed by atoms with Gasteiger partial charge in [0.15, 0.2) is 0 Å². The van der Waals surface area contributed by atoms with Crippen LogP contribution in [-0.4, -0.2) is 27.1 Å². The fraction of sp³-hybridized carbons (Fsp3) is 0.364. The number of hydrogen-bond acceptors (Lipinski definition) is 2. The second-order valence-electron chi connectivity index (χ2n) is 7.46. The SMILES string of the molecule is CC#C[C@@H]1O[C@@H]1CO[Si](c1ccccc1)(c1ccccc1)C(C)(C)C. The molecule has 2 nitrogen and oxygen atoms in total. The third kappa shape index (κ3) is 3.57. The second-order valence-corrected chi connectivity index (χ2v) is 11.8. The van der Waals surface area contributed by atoms with Crippen LogP contribution < -0.4 is 10.4 Å². The third-order valence-electron chi connectivity index (χ3n) is 4.75. The molecule has 1 aliphatic heterocycles. The Labute approximate surface area is 152 Å². The maximum Gasteiger partial charge on any atom is 0.261 e. The molecule has 0 spiro atoms. The van der Waals surface area contributed by atoms with Gasteiger partial charge in [0.1, 0.15) is 12.2 Å². The molecule has 2 aromatic rings. The molecular weight excluding hydrogens is 324 g/mol. The fourth-order valence-corrected chi connectivity index (χ4v) is 8.08. The maximum absolute atomic E-state index is 6.81. The first-order valence-electron chi connectivity index (χ1n) is 8.82. The highest BCUT2D eigenvalue weighted by Gasteiger charge is 2.51. The molecule has 1 fully saturated rings. The highest BCUT2D eigenvalue weighted by molar-refractivity contribution is 6.99. The van der Waals surface area contributed by atoms with Crippen molar-refractivity contribution < 1.29 is 9.16 Å². The van der Waals surface area contributed by atoms with Gasteiger partial charge in [0.05, 0.1) is 6.61 Å². The number of epoxide rings is 1. The number of hydrogen-bond donors (Lipinski definition) is 0. The van der Waals surface area contributed by atoms with Gasteiger partial charge in [-0.15, -0.1) is 5.92 Å². The Hall–Kier alpha value is -1.86. The summed E-state index contributed by atoms with van der Waals surface area (Å²) in [5.41, 5.74) is 0. The van der Waals surface area contributed by atoms with Crippen LogP contribution in [0.3, 0.4) is 0 Å². The van der Waals surface area contributed by atoms with E-state index in [1.165, 1.54) is 10.4 Å². The van der Waals surface area contributed by atoms with Crippen molar-refractivity contribution in [3.8, 4) is 11.8 Å². The van der Waals surface area contributed by atoms with E-state index < -0.39 is 8.32 Å². The first-order valence-corrected chi connectivity index (χ1v) is 10.7. The van der Waals surface area contributed by atoms with Crippen molar-refractivity contribution >= 4 is 18.7 Å². The third-order valence-corrected chi connectivity index (χ3v) is 9.75. The topological polar surface area (TPSA) is 21.8 Å². The molecule has 0 aromatic heterocycles. The smallest absolute Gasteiger partial charge is 0.261 e. The maximum atomic E-state index is 6.81. The normalized spacial score (nSPS) is 19.8. The zero-order valence-electron chi connectivity index (χ0n) is 15.5. The largest absolute Gasteiger partial charge is 0.405 e. The zero-order chi connectivity index (χ0) is 17.9. The summed E-state index contributed by atoms with van der Waals surface area (Å²) < 4.78 is 12.5. The van der Waals surface area contributed by atoms with Gasteiger partial charge in [-0.05, 0) is 22.3 Å². The van der Waals surface area contributed by atoms with Gasteiger partial charge in [-0.1, -0.05) is 87.4 Å². The first-order chi connectivity index (χ1) is 12.0. The average molecular weight is 351 g/mol. The lowest BCUT2D eigenvalue weighted by atomic mass is 10.2. The lowest BCUT2D eigenvalue weighted by Crippen LogP contribution is -2.66. The second kappa shape index (κ2) is 7.17. The van der Waals surface area contributed by atoms with Crippen molar-refractivity contribution in [3.05, 3.63) is 60.7 Å². The van der Waals surface area contributed by atoms with E-state index in [1.807, 2.05) is 6.92 Å². The molecule has 3 rings (SSSR count). The molecule has 130 valence electrons. The van der Waals surface area contributed by atoms with Gasteiger partial charge in [-0.2, -0.15) is 0 Å². The molecule has 3 heteroatoms. The summed E-state index contributed by atoms with van der Waals surface area (Å²) in [5, 5.41) is 2.59. The molecule has 0 amide bonds. The average Bonchev–Trinajstić information content (AvgIpc) is 3.35. The fourth-order valence-electron chi connectivity index (χ4n) is 3.51. The highest BCUT2D eigenvalue weighted by atomic mass is 28.4. The number of ether oxygens (including phenoxy) is 1. The van der Waals surface area contributed by atoms with Crippen molar-refractivity contribution in [1.29, 1.82) is 0 Å². The van der Waals surface area contributed by atoms with Crippen molar-refractivity contribution in [2.24, 2.45) is 0 Å². The van der Waals surface area contributed by atoms with Crippen molar-refractivity contribution in [2.75, 3.05) is 6.61 Å². The van der Waals surface area contributed by atoms with E-state index in [1.54, 1.807) is 0 Å². The van der Waals surface area contributed by atoms with Crippen molar-refractivity contribution in [3.63, 3.8) is 0 Å². The summed E-state index contributed by atoms with van der Waals surface area (Å²) in [7, 11) is -2.45. The van der Waals surface area contributed by atoms with Crippen molar-refractivity contribution in [1.82, 2.24) is 0 Å². The molecule has 1 saturated heterocycles. The monoisotopic (exact) mass is 350 g/mol. The van der Waals surface area contributed by atoms with E-state index in [2.05, 4.69) is 93.3 Å². The van der Waals surface area contributed by atoms with E-state index >= 15 is 0 Å². The summed E-state index contributed by atoms with van der Waals surface area (Å²) >= 11 is 0. The Morgan fingerprint density at radius 3 is 1.92 bits per heavy atom. The molecule has 25 heavy (non-hydrogen) atoms. The van der Waals surface area contributed by atoms with Crippen LogP contribution in [0.5, 0.6) is 0 Å². The molecule has 0 unspecified atom stereocenters. The summed E-state index contributed by atoms with van der Waals surface area (Å²) in [6.07, 6.45) is 0.123. The summed E-state index contributed by atoms with van der Waals surface area (Å²) in [5.74, 6) is 6.02. The van der Waals surface area contributed by atoms with Gasteiger partial charge in [-0.3, -0.25) is 0 Å². The molecule has 0 radical (unpaired) electrons. The van der Waals surface area contributed by atoms with E-state index in [0.717, 1.165) is 0 Å². The van der Waals surface area contributed by atoms with Crippen LogP contribution in [-0.2, 0) is 9.16 Å². The van der Waals surface area contributed by atoms with Gasteiger partial charge in [0.2, 0.25) is 0 Å². The van der Waals surface area contributed by atoms with Crippen LogP contribution in [0.25, 0.3) is 0 Å². The molecule has 0 aliphatic carbocycles. The van der Waals surface area contributed by atoms with Gasteiger partial charge < -0.3 is 9.16 Å². The molecule has 2 atom stereocenters. The Balaban J connectivity index is 2.01. The predicted octanol–water partition coefficient (Wildman–Crippen LogP) is 3.35. The van der Waals surface area contributed by atoms with E-state index in [-0.39, 0.29) is 17.2 Å². The first kappa shape index (κ1) is 17.9. The summed E-state index contributed by atoms with van der Waals surface area (Å²) in [4.78, 5) is 0. The minimum Gasteiger partial charge on any atom is -0.405 e. The molecule has 0 saturated carbocycles. The van der Waals surface area contributed by atoms with Crippen molar-refractivity contribution in [2.45, 2.75) is 44.9 Å². The Kier molecular flexibility index (Phi) is 5.15. The Morgan fingerprint density at radius 1 is 0.960 bits per heavy atom. The van der Waals surface area contributed by atoms with Crippen LogP contribution in [0.15, 0.2) is 60.7 Å². The van der Waals surface area contributed by atoms with Gasteiger partial charge in [0, 0.05) is 0 Å². The molecule has 2 aromatic carbocycles. The van der Waals surface area contributed by atoms with E-state index in [9.17, 15) is 0 Å². The van der Waals surface area contributed by atoms with Crippen LogP contribution in [0.4, 0.5) is 0 Å². The molecular formula is C22H26O2Si. The predicted molar refractivity (Wildman–Crippen MR) is 106 cm³/mol. The van der Waals surface area contributed by atoms with Gasteiger partial charge in [0.25, 0.3) is 8.32 Å². The number of rotatable bonds is 5.